The smallest absolute Gasteiger partial charge is 0.124 e. The van der Waals surface area contributed by atoms with E-state index in [9.17, 15) is 0 Å². The fourth-order valence-corrected chi connectivity index (χ4v) is 11.1. The van der Waals surface area contributed by atoms with Crippen molar-refractivity contribution in [2.24, 2.45) is 0 Å². The van der Waals surface area contributed by atoms with E-state index >= 15 is 0 Å². The normalized spacial score (nSPS) is 14.2. The average molecular weight is 792 g/mol. The van der Waals surface area contributed by atoms with E-state index in [-0.39, 0.29) is 5.41 Å². The van der Waals surface area contributed by atoms with Gasteiger partial charge in [-0.25, -0.2) is 4.98 Å². The van der Waals surface area contributed by atoms with E-state index < -0.39 is 5.41 Å². The Bertz CT molecular complexity index is 3380. The highest BCUT2D eigenvalue weighted by Crippen LogP contribution is 2.63. The fraction of sp³-hybridized carbons (Fsp3) is 0.0678. The summed E-state index contributed by atoms with van der Waals surface area (Å²) in [5.41, 5.74) is 22.7. The zero-order valence-corrected chi connectivity index (χ0v) is 34.5. The van der Waals surface area contributed by atoms with Crippen LogP contribution in [0.5, 0.6) is 0 Å². The molecule has 1 aliphatic heterocycles. The van der Waals surface area contributed by atoms with Crippen molar-refractivity contribution in [2.45, 2.75) is 24.7 Å². The van der Waals surface area contributed by atoms with Gasteiger partial charge in [-0.05, 0) is 147 Å². The molecule has 0 saturated heterocycles. The number of benzene rings is 9. The predicted molar refractivity (Wildman–Crippen MR) is 255 cm³/mol. The first-order valence-electron chi connectivity index (χ1n) is 21.6. The predicted octanol–water partition coefficient (Wildman–Crippen LogP) is 14.8. The zero-order chi connectivity index (χ0) is 41.2. The lowest BCUT2D eigenvalue weighted by molar-refractivity contribution is 0.621. The molecule has 0 radical (unpaired) electrons. The van der Waals surface area contributed by atoms with Crippen LogP contribution in [0.25, 0.3) is 61.2 Å². The van der Waals surface area contributed by atoms with Crippen LogP contribution in [0.4, 0.5) is 17.1 Å². The Hall–Kier alpha value is -7.75. The standard InChI is InChI=1S/C59H41N3/c1-58(2)53-37-44(32-34-55(53)62-56-26-13-12-25-54(56)60-57(58)62)61(42-30-27-39(28-31-42)38-15-4-3-5-16-38)43-18-14-17-40(35-43)41-29-33-48-47-21-8-11-24-51(47)59(52(48)36-41)49-22-9-6-19-45(49)46-20-7-10-23-50(46)59/h3-37H,1-2H3. The number of rotatable bonds is 5. The molecular weight excluding hydrogens is 751 g/mol. The van der Waals surface area contributed by atoms with Crippen LogP contribution in [0, 0.1) is 0 Å². The zero-order valence-electron chi connectivity index (χ0n) is 34.5. The van der Waals surface area contributed by atoms with Crippen molar-refractivity contribution >= 4 is 28.1 Å². The van der Waals surface area contributed by atoms with Gasteiger partial charge in [-0.1, -0.05) is 152 Å². The Kier molecular flexibility index (Phi) is 7.28. The van der Waals surface area contributed by atoms with Crippen LogP contribution in [0.1, 0.15) is 47.5 Å². The van der Waals surface area contributed by atoms with Crippen molar-refractivity contribution in [3.8, 4) is 50.2 Å². The molecule has 0 fully saturated rings. The van der Waals surface area contributed by atoms with Gasteiger partial charge in [0.15, 0.2) is 0 Å². The second-order valence-electron chi connectivity index (χ2n) is 17.5. The Balaban J connectivity index is 0.976. The molecule has 9 aromatic carbocycles. The summed E-state index contributed by atoms with van der Waals surface area (Å²) in [6, 6.07) is 78.5. The molecule has 2 aliphatic carbocycles. The largest absolute Gasteiger partial charge is 0.310 e. The highest BCUT2D eigenvalue weighted by molar-refractivity contribution is 5.96. The van der Waals surface area contributed by atoms with E-state index in [0.717, 1.165) is 33.9 Å². The van der Waals surface area contributed by atoms with Gasteiger partial charge in [0, 0.05) is 17.1 Å². The van der Waals surface area contributed by atoms with Crippen LogP contribution in [-0.4, -0.2) is 9.55 Å². The van der Waals surface area contributed by atoms with Gasteiger partial charge < -0.3 is 4.90 Å². The number of para-hydroxylation sites is 2. The third-order valence-corrected chi connectivity index (χ3v) is 13.9. The van der Waals surface area contributed by atoms with E-state index in [1.807, 2.05) is 0 Å². The second kappa shape index (κ2) is 12.9. The van der Waals surface area contributed by atoms with E-state index in [1.54, 1.807) is 0 Å². The van der Waals surface area contributed by atoms with Gasteiger partial charge in [-0.2, -0.15) is 0 Å². The van der Waals surface area contributed by atoms with Crippen molar-refractivity contribution in [3.63, 3.8) is 0 Å². The summed E-state index contributed by atoms with van der Waals surface area (Å²) in [5.74, 6) is 1.08. The van der Waals surface area contributed by atoms with Gasteiger partial charge in [0.2, 0.25) is 0 Å². The molecule has 3 aliphatic rings. The molecule has 0 atom stereocenters. The first-order valence-corrected chi connectivity index (χ1v) is 21.6. The maximum Gasteiger partial charge on any atom is 0.124 e. The minimum absolute atomic E-state index is 0.287. The minimum atomic E-state index is -0.393. The summed E-state index contributed by atoms with van der Waals surface area (Å²) in [5, 5.41) is 0. The maximum absolute atomic E-state index is 5.17. The molecular formula is C59H41N3. The first kappa shape index (κ1) is 35.0. The van der Waals surface area contributed by atoms with Crippen LogP contribution in [0.3, 0.4) is 0 Å². The van der Waals surface area contributed by atoms with Gasteiger partial charge in [0.25, 0.3) is 0 Å². The van der Waals surface area contributed by atoms with Crippen LogP contribution < -0.4 is 4.90 Å². The van der Waals surface area contributed by atoms with Crippen LogP contribution in [-0.2, 0) is 10.8 Å². The monoisotopic (exact) mass is 791 g/mol. The molecule has 3 heteroatoms. The number of hydrogen-bond acceptors (Lipinski definition) is 2. The van der Waals surface area contributed by atoms with E-state index in [2.05, 4.69) is 236 Å². The summed E-state index contributed by atoms with van der Waals surface area (Å²) in [6.45, 7) is 4.61. The quantitative estimate of drug-likeness (QED) is 0.173. The third kappa shape index (κ3) is 4.73. The molecule has 0 saturated carbocycles. The number of fused-ring (bicyclic) bond motifs is 15. The van der Waals surface area contributed by atoms with Gasteiger partial charge in [0.05, 0.1) is 27.6 Å². The molecule has 0 N–H and O–H groups in total. The van der Waals surface area contributed by atoms with Crippen molar-refractivity contribution < 1.29 is 0 Å². The summed E-state index contributed by atoms with van der Waals surface area (Å²) < 4.78 is 2.36. The molecule has 292 valence electrons. The van der Waals surface area contributed by atoms with Gasteiger partial charge >= 0.3 is 0 Å². The minimum Gasteiger partial charge on any atom is -0.310 e. The van der Waals surface area contributed by atoms with Crippen molar-refractivity contribution in [1.82, 2.24) is 9.55 Å². The molecule has 1 aromatic heterocycles. The Labute approximate surface area is 361 Å². The first-order chi connectivity index (χ1) is 30.5. The van der Waals surface area contributed by atoms with Crippen molar-refractivity contribution in [1.29, 1.82) is 0 Å². The molecule has 13 rings (SSSR count). The maximum atomic E-state index is 5.17. The van der Waals surface area contributed by atoms with Gasteiger partial charge in [-0.15, -0.1) is 0 Å². The Morgan fingerprint density at radius 3 is 1.63 bits per heavy atom. The topological polar surface area (TPSA) is 21.1 Å². The summed E-state index contributed by atoms with van der Waals surface area (Å²) in [6.07, 6.45) is 0. The SMILES string of the molecule is CC1(C)c2cc(N(c3ccc(-c4ccccc4)cc3)c3cccc(-c4ccc5c(c4)C4(c6ccccc6-c6ccccc64)c4ccccc4-5)c3)ccc2-n2c1nc1ccccc12. The molecule has 1 spiro atoms. The molecule has 0 bridgehead atoms. The number of nitrogens with zero attached hydrogens (tertiary/aromatic N) is 3. The lowest BCUT2D eigenvalue weighted by atomic mass is 9.70. The molecule has 0 unspecified atom stereocenters. The second-order valence-corrected chi connectivity index (χ2v) is 17.5. The highest BCUT2D eigenvalue weighted by Gasteiger charge is 2.51. The van der Waals surface area contributed by atoms with Crippen LogP contribution in [0.15, 0.2) is 212 Å². The lowest BCUT2D eigenvalue weighted by Gasteiger charge is -2.31. The molecule has 10 aromatic rings. The fourth-order valence-electron chi connectivity index (χ4n) is 11.1. The Morgan fingerprint density at radius 1 is 0.387 bits per heavy atom. The van der Waals surface area contributed by atoms with E-state index in [4.69, 9.17) is 4.98 Å². The Morgan fingerprint density at radius 2 is 0.919 bits per heavy atom. The van der Waals surface area contributed by atoms with Crippen LogP contribution >= 0.6 is 0 Å². The van der Waals surface area contributed by atoms with Gasteiger partial charge in [0.1, 0.15) is 5.82 Å². The average Bonchev–Trinajstić information content (AvgIpc) is 4.02. The molecule has 2 heterocycles. The lowest BCUT2D eigenvalue weighted by Crippen LogP contribution is -2.25. The third-order valence-electron chi connectivity index (χ3n) is 13.9. The van der Waals surface area contributed by atoms with Crippen molar-refractivity contribution in [2.75, 3.05) is 4.90 Å². The van der Waals surface area contributed by atoms with Crippen LogP contribution in [0.2, 0.25) is 0 Å². The molecule has 62 heavy (non-hydrogen) atoms. The number of imidazole rings is 1. The van der Waals surface area contributed by atoms with E-state index in [0.29, 0.717) is 0 Å². The molecule has 0 amide bonds. The number of hydrogen-bond donors (Lipinski definition) is 0. The van der Waals surface area contributed by atoms with E-state index in [1.165, 1.54) is 78.0 Å². The number of anilines is 3. The highest BCUT2D eigenvalue weighted by atomic mass is 15.2. The van der Waals surface area contributed by atoms with Crippen molar-refractivity contribution in [3.05, 3.63) is 246 Å². The van der Waals surface area contributed by atoms with Gasteiger partial charge in [-0.3, -0.25) is 4.57 Å². The summed E-state index contributed by atoms with van der Waals surface area (Å²) in [4.78, 5) is 7.59. The molecule has 3 nitrogen and oxygen atoms in total. The number of aromatic nitrogens is 2. The summed E-state index contributed by atoms with van der Waals surface area (Å²) in [7, 11) is 0. The summed E-state index contributed by atoms with van der Waals surface area (Å²) >= 11 is 0.